The molecule has 0 aliphatic carbocycles. The largest absolute Gasteiger partial charge is 0.0678 e. The summed E-state index contributed by atoms with van der Waals surface area (Å²) in [4.78, 5) is 0. The average molecular weight is 536 g/mol. The third kappa shape index (κ3) is 26.2. The Hall–Kier alpha value is 0.217. The fraction of sp³-hybridized carbons (Fsp3) is 0.972. The van der Waals surface area contributed by atoms with Crippen molar-refractivity contribution in [2.45, 2.75) is 225 Å². The first kappa shape index (κ1) is 37.2. The summed E-state index contributed by atoms with van der Waals surface area (Å²) in [5.41, 5.74) is 0. The van der Waals surface area contributed by atoms with Gasteiger partial charge in [0.2, 0.25) is 0 Å². The first-order valence-electron chi connectivity index (χ1n) is 18.0. The molecule has 0 atom stereocenters. The van der Waals surface area contributed by atoms with Crippen molar-refractivity contribution in [2.24, 2.45) is 0 Å². The van der Waals surface area contributed by atoms with E-state index >= 15 is 0 Å². The third-order valence-corrected chi connectivity index (χ3v) is 15.6. The highest BCUT2D eigenvalue weighted by Crippen LogP contribution is 2.27. The van der Waals surface area contributed by atoms with Gasteiger partial charge >= 0.3 is 0 Å². The summed E-state index contributed by atoms with van der Waals surface area (Å²) in [7, 11) is -0.840. The Morgan fingerprint density at radius 3 is 0.676 bits per heavy atom. The topological polar surface area (TPSA) is 0 Å². The van der Waals surface area contributed by atoms with Crippen LogP contribution in [0.5, 0.6) is 0 Å². The van der Waals surface area contributed by atoms with Gasteiger partial charge in [-0.2, -0.15) is 0 Å². The van der Waals surface area contributed by atoms with Crippen LogP contribution in [0.2, 0.25) is 24.2 Å². The van der Waals surface area contributed by atoms with Crippen molar-refractivity contribution in [1.82, 2.24) is 0 Å². The van der Waals surface area contributed by atoms with E-state index in [9.17, 15) is 0 Å². The van der Waals surface area contributed by atoms with Crippen molar-refractivity contribution >= 4 is 8.07 Å². The van der Waals surface area contributed by atoms with Crippen LogP contribution in [-0.2, 0) is 0 Å². The normalized spacial score (nSPS) is 12.0. The lowest BCUT2D eigenvalue weighted by atomic mass is 10.0. The number of rotatable bonds is 32. The summed E-state index contributed by atoms with van der Waals surface area (Å²) in [6, 6.07) is 6.14. The first-order valence-corrected chi connectivity index (χ1v) is 20.9. The molecule has 0 aromatic heterocycles. The van der Waals surface area contributed by atoms with Crippen molar-refractivity contribution in [3.05, 3.63) is 6.92 Å². The van der Waals surface area contributed by atoms with Gasteiger partial charge < -0.3 is 0 Å². The van der Waals surface area contributed by atoms with Crippen LogP contribution in [-0.4, -0.2) is 8.07 Å². The molecular weight excluding hydrogens is 460 g/mol. The molecule has 223 valence electrons. The molecule has 0 N–H and O–H groups in total. The van der Waals surface area contributed by atoms with E-state index in [-0.39, 0.29) is 0 Å². The van der Waals surface area contributed by atoms with Crippen molar-refractivity contribution in [1.29, 1.82) is 0 Å². The third-order valence-electron chi connectivity index (χ3n) is 9.71. The maximum Gasteiger partial charge on any atom is 0.0527 e. The van der Waals surface area contributed by atoms with E-state index in [0.717, 1.165) is 6.42 Å². The zero-order valence-electron chi connectivity index (χ0n) is 26.8. The molecule has 0 aliphatic rings. The van der Waals surface area contributed by atoms with Crippen molar-refractivity contribution in [3.8, 4) is 0 Å². The molecule has 0 amide bonds. The van der Waals surface area contributed by atoms with Crippen molar-refractivity contribution < 1.29 is 0 Å². The summed E-state index contributed by atoms with van der Waals surface area (Å²) in [5, 5.41) is 0. The minimum atomic E-state index is -0.840. The summed E-state index contributed by atoms with van der Waals surface area (Å²) in [6.07, 6.45) is 41.1. The Labute approximate surface area is 239 Å². The molecule has 0 rings (SSSR count). The highest BCUT2D eigenvalue weighted by atomic mass is 28.3. The molecule has 0 spiro atoms. The van der Waals surface area contributed by atoms with Crippen molar-refractivity contribution in [2.75, 3.05) is 0 Å². The van der Waals surface area contributed by atoms with Crippen LogP contribution in [0.1, 0.15) is 201 Å². The Bertz CT molecular complexity index is 391. The second kappa shape index (κ2) is 30.8. The molecule has 0 saturated carbocycles. The smallest absolute Gasteiger partial charge is 0.0527 e. The second-order valence-corrected chi connectivity index (χ2v) is 18.3. The molecule has 1 radical (unpaired) electrons. The molecule has 0 aromatic rings. The Morgan fingerprint density at radius 2 is 0.486 bits per heavy atom. The Morgan fingerprint density at radius 1 is 0.297 bits per heavy atom. The summed E-state index contributed by atoms with van der Waals surface area (Å²) < 4.78 is 0. The Balaban J connectivity index is 3.13. The zero-order chi connectivity index (χ0) is 27.1. The zero-order valence-corrected chi connectivity index (χ0v) is 27.8. The maximum atomic E-state index is 3.93. The van der Waals surface area contributed by atoms with Crippen LogP contribution in [0, 0.1) is 6.92 Å². The highest BCUT2D eigenvalue weighted by molar-refractivity contribution is 6.79. The quantitative estimate of drug-likeness (QED) is 0.0593. The van der Waals surface area contributed by atoms with Gasteiger partial charge in [-0.15, -0.1) is 0 Å². The lowest BCUT2D eigenvalue weighted by Gasteiger charge is -2.28. The minimum Gasteiger partial charge on any atom is -0.0678 e. The molecular formula is C36H75Si. The van der Waals surface area contributed by atoms with Gasteiger partial charge in [0, 0.05) is 0 Å². The predicted molar refractivity (Wildman–Crippen MR) is 177 cm³/mol. The van der Waals surface area contributed by atoms with E-state index < -0.39 is 8.07 Å². The Kier molecular flexibility index (Phi) is 30.9. The van der Waals surface area contributed by atoms with Crippen LogP contribution in [0.4, 0.5) is 0 Å². The van der Waals surface area contributed by atoms with Crippen LogP contribution in [0.15, 0.2) is 0 Å². The van der Waals surface area contributed by atoms with E-state index in [2.05, 4.69) is 27.7 Å². The number of hydrogen-bond acceptors (Lipinski definition) is 0. The van der Waals surface area contributed by atoms with E-state index in [4.69, 9.17) is 0 Å². The molecule has 1 heteroatoms. The number of unbranched alkanes of at least 4 members (excludes halogenated alkanes) is 27. The second-order valence-electron chi connectivity index (χ2n) is 12.7. The van der Waals surface area contributed by atoms with Gasteiger partial charge in [-0.25, -0.2) is 0 Å². The molecule has 0 bridgehead atoms. The molecule has 0 aromatic carbocycles. The number of hydrogen-bond donors (Lipinski definition) is 0. The molecule has 0 heterocycles. The van der Waals surface area contributed by atoms with E-state index in [1.54, 1.807) is 6.04 Å². The summed E-state index contributed by atoms with van der Waals surface area (Å²) in [5.74, 6) is 0. The first-order chi connectivity index (χ1) is 18.2. The van der Waals surface area contributed by atoms with Crippen LogP contribution >= 0.6 is 0 Å². The van der Waals surface area contributed by atoms with Gasteiger partial charge in [-0.05, 0) is 0 Å². The van der Waals surface area contributed by atoms with Crippen LogP contribution in [0.25, 0.3) is 0 Å². The van der Waals surface area contributed by atoms with Crippen LogP contribution < -0.4 is 0 Å². The molecule has 0 nitrogen and oxygen atoms in total. The highest BCUT2D eigenvalue weighted by Gasteiger charge is 2.25. The maximum absolute atomic E-state index is 3.93. The van der Waals surface area contributed by atoms with Gasteiger partial charge in [-0.1, -0.05) is 232 Å². The lowest BCUT2D eigenvalue weighted by molar-refractivity contribution is 0.514. The van der Waals surface area contributed by atoms with E-state index in [1.165, 1.54) is 191 Å². The van der Waals surface area contributed by atoms with Crippen molar-refractivity contribution in [3.63, 3.8) is 0 Å². The predicted octanol–water partition coefficient (Wildman–Crippen LogP) is 14.3. The minimum absolute atomic E-state index is 0.840. The molecule has 0 aliphatic heterocycles. The summed E-state index contributed by atoms with van der Waals surface area (Å²) >= 11 is 0. The standard InChI is InChI=1S/C36H75Si/c1-5-9-10-11-12-13-14-15-16-17-18-19-20-21-22-23-24-25-26-27-28-29-30-31-32-33-34-35-36-37(6-2,7-3)8-4/h1,5-36H2,2-4H3. The van der Waals surface area contributed by atoms with Gasteiger partial charge in [0.1, 0.15) is 0 Å². The van der Waals surface area contributed by atoms with E-state index in [0.29, 0.717) is 0 Å². The fourth-order valence-corrected chi connectivity index (χ4v) is 9.94. The molecule has 0 fully saturated rings. The van der Waals surface area contributed by atoms with E-state index in [1.807, 2.05) is 0 Å². The van der Waals surface area contributed by atoms with Gasteiger partial charge in [0.05, 0.1) is 8.07 Å². The van der Waals surface area contributed by atoms with Gasteiger partial charge in [0.25, 0.3) is 0 Å². The molecule has 37 heavy (non-hydrogen) atoms. The average Bonchev–Trinajstić information content (AvgIpc) is 2.92. The van der Waals surface area contributed by atoms with Gasteiger partial charge in [-0.3, -0.25) is 0 Å². The lowest BCUT2D eigenvalue weighted by Crippen LogP contribution is -2.30. The molecule has 0 unspecified atom stereocenters. The SMILES string of the molecule is [CH2]CCCCCCCCCCCCCCCCCCCCCCCCCCCCC[Si](CC)(CC)CC. The fourth-order valence-electron chi connectivity index (χ4n) is 6.38. The summed E-state index contributed by atoms with van der Waals surface area (Å²) in [6.45, 7) is 11.3. The molecule has 0 saturated heterocycles. The van der Waals surface area contributed by atoms with Crippen LogP contribution in [0.3, 0.4) is 0 Å². The monoisotopic (exact) mass is 536 g/mol. The van der Waals surface area contributed by atoms with Gasteiger partial charge in [0.15, 0.2) is 0 Å².